The second kappa shape index (κ2) is 9.08. The van der Waals surface area contributed by atoms with Gasteiger partial charge in [-0.3, -0.25) is 9.59 Å². The standard InChI is InChI=1S/C22H25N3O3/c1-16(26)25(13-11-17-15-23-21-6-4-3-5-20(17)21)14-12-22(27)24-18-7-9-19(28-2)10-8-18/h3-10,15,23H,11-14H2,1-2H3,(H,24,27). The molecule has 0 fully saturated rings. The summed E-state index contributed by atoms with van der Waals surface area (Å²) >= 11 is 0. The number of carbonyl (C=O) groups is 2. The van der Waals surface area contributed by atoms with Gasteiger partial charge in [0.05, 0.1) is 7.11 Å². The van der Waals surface area contributed by atoms with E-state index < -0.39 is 0 Å². The fraction of sp³-hybridized carbons (Fsp3) is 0.273. The molecule has 1 aromatic heterocycles. The van der Waals surface area contributed by atoms with E-state index in [1.165, 1.54) is 17.9 Å². The molecule has 0 spiro atoms. The molecule has 0 bridgehead atoms. The Kier molecular flexibility index (Phi) is 6.32. The van der Waals surface area contributed by atoms with Gasteiger partial charge in [0.1, 0.15) is 5.75 Å². The number of para-hydroxylation sites is 1. The number of fused-ring (bicyclic) bond motifs is 1. The summed E-state index contributed by atoms with van der Waals surface area (Å²) in [5.74, 6) is 0.582. The third kappa shape index (κ3) is 4.91. The average Bonchev–Trinajstić information content (AvgIpc) is 3.11. The molecule has 6 heteroatoms. The van der Waals surface area contributed by atoms with Gasteiger partial charge in [0.2, 0.25) is 11.8 Å². The van der Waals surface area contributed by atoms with Crippen LogP contribution in [0, 0.1) is 0 Å². The van der Waals surface area contributed by atoms with Gasteiger partial charge in [0, 0.05) is 49.2 Å². The maximum absolute atomic E-state index is 12.2. The Morgan fingerprint density at radius 3 is 2.54 bits per heavy atom. The van der Waals surface area contributed by atoms with Crippen LogP contribution in [0.4, 0.5) is 5.69 Å². The predicted molar refractivity (Wildman–Crippen MR) is 110 cm³/mol. The van der Waals surface area contributed by atoms with Crippen LogP contribution in [0.5, 0.6) is 5.75 Å². The number of hydrogen-bond donors (Lipinski definition) is 2. The average molecular weight is 379 g/mol. The van der Waals surface area contributed by atoms with Crippen molar-refractivity contribution in [3.63, 3.8) is 0 Å². The number of benzene rings is 2. The number of anilines is 1. The number of H-pyrrole nitrogens is 1. The molecule has 28 heavy (non-hydrogen) atoms. The lowest BCUT2D eigenvalue weighted by atomic mass is 10.1. The first-order chi connectivity index (χ1) is 13.6. The van der Waals surface area contributed by atoms with E-state index in [0.717, 1.165) is 17.7 Å². The fourth-order valence-electron chi connectivity index (χ4n) is 3.15. The van der Waals surface area contributed by atoms with E-state index in [1.54, 1.807) is 36.3 Å². The van der Waals surface area contributed by atoms with E-state index in [9.17, 15) is 9.59 Å². The number of carbonyl (C=O) groups excluding carboxylic acids is 2. The van der Waals surface area contributed by atoms with Crippen LogP contribution in [0.2, 0.25) is 0 Å². The number of nitrogens with one attached hydrogen (secondary N) is 2. The number of hydrogen-bond acceptors (Lipinski definition) is 3. The zero-order chi connectivity index (χ0) is 19.9. The van der Waals surface area contributed by atoms with Crippen molar-refractivity contribution in [2.75, 3.05) is 25.5 Å². The molecule has 2 aromatic carbocycles. The molecular formula is C22H25N3O3. The minimum atomic E-state index is -0.122. The first-order valence-electron chi connectivity index (χ1n) is 9.31. The Morgan fingerprint density at radius 1 is 1.07 bits per heavy atom. The van der Waals surface area contributed by atoms with Gasteiger partial charge in [-0.2, -0.15) is 0 Å². The van der Waals surface area contributed by atoms with Crippen LogP contribution in [0.1, 0.15) is 18.9 Å². The third-order valence-corrected chi connectivity index (χ3v) is 4.75. The highest BCUT2D eigenvalue weighted by Gasteiger charge is 2.13. The predicted octanol–water partition coefficient (Wildman–Crippen LogP) is 3.60. The molecule has 6 nitrogen and oxygen atoms in total. The van der Waals surface area contributed by atoms with Crippen LogP contribution in [-0.4, -0.2) is 41.9 Å². The molecule has 3 aromatic rings. The molecule has 146 valence electrons. The van der Waals surface area contributed by atoms with Crippen molar-refractivity contribution in [1.82, 2.24) is 9.88 Å². The highest BCUT2D eigenvalue weighted by atomic mass is 16.5. The topological polar surface area (TPSA) is 74.4 Å². The van der Waals surface area contributed by atoms with E-state index in [1.807, 2.05) is 24.4 Å². The van der Waals surface area contributed by atoms with Crippen LogP contribution in [0.25, 0.3) is 10.9 Å². The van der Waals surface area contributed by atoms with Crippen molar-refractivity contribution in [2.45, 2.75) is 19.8 Å². The molecule has 0 atom stereocenters. The molecule has 2 amide bonds. The van der Waals surface area contributed by atoms with Crippen LogP contribution >= 0.6 is 0 Å². The molecule has 2 N–H and O–H groups in total. The zero-order valence-electron chi connectivity index (χ0n) is 16.2. The minimum Gasteiger partial charge on any atom is -0.497 e. The Labute approximate surface area is 164 Å². The van der Waals surface area contributed by atoms with E-state index in [-0.39, 0.29) is 18.2 Å². The highest BCUT2D eigenvalue weighted by molar-refractivity contribution is 5.91. The molecule has 0 aliphatic carbocycles. The number of methoxy groups -OCH3 is 1. The Balaban J connectivity index is 1.52. The lowest BCUT2D eigenvalue weighted by Gasteiger charge is -2.20. The molecule has 1 heterocycles. The van der Waals surface area contributed by atoms with Gasteiger partial charge >= 0.3 is 0 Å². The first-order valence-corrected chi connectivity index (χ1v) is 9.31. The summed E-state index contributed by atoms with van der Waals surface area (Å²) in [6.45, 7) is 2.50. The van der Waals surface area contributed by atoms with E-state index >= 15 is 0 Å². The molecule has 0 aliphatic heterocycles. The second-order valence-electron chi connectivity index (χ2n) is 6.64. The van der Waals surface area contributed by atoms with Gasteiger partial charge in [-0.15, -0.1) is 0 Å². The van der Waals surface area contributed by atoms with Gasteiger partial charge in [-0.25, -0.2) is 0 Å². The van der Waals surface area contributed by atoms with Gasteiger partial charge in [0.25, 0.3) is 0 Å². The number of rotatable bonds is 8. The van der Waals surface area contributed by atoms with E-state index in [2.05, 4.69) is 16.4 Å². The minimum absolute atomic E-state index is 0.0305. The Bertz CT molecular complexity index is 947. The summed E-state index contributed by atoms with van der Waals surface area (Å²) in [6, 6.07) is 15.3. The fourth-order valence-corrected chi connectivity index (χ4v) is 3.15. The van der Waals surface area contributed by atoms with Crippen molar-refractivity contribution >= 4 is 28.4 Å². The maximum atomic E-state index is 12.2. The molecule has 0 saturated carbocycles. The van der Waals surface area contributed by atoms with Crippen molar-refractivity contribution in [2.24, 2.45) is 0 Å². The maximum Gasteiger partial charge on any atom is 0.226 e. The summed E-state index contributed by atoms with van der Waals surface area (Å²) < 4.78 is 5.10. The number of ether oxygens (including phenoxy) is 1. The molecule has 0 saturated heterocycles. The quantitative estimate of drug-likeness (QED) is 0.628. The van der Waals surface area contributed by atoms with Crippen LogP contribution in [0.15, 0.2) is 54.7 Å². The Hall–Kier alpha value is -3.28. The molecule has 0 aliphatic rings. The zero-order valence-corrected chi connectivity index (χ0v) is 16.2. The normalized spacial score (nSPS) is 10.6. The van der Waals surface area contributed by atoms with Crippen LogP contribution in [0.3, 0.4) is 0 Å². The number of aromatic amines is 1. The van der Waals surface area contributed by atoms with Crippen molar-refractivity contribution in [1.29, 1.82) is 0 Å². The van der Waals surface area contributed by atoms with Crippen LogP contribution < -0.4 is 10.1 Å². The summed E-state index contributed by atoms with van der Waals surface area (Å²) in [5, 5.41) is 4.01. The van der Waals surface area contributed by atoms with Crippen molar-refractivity contribution in [3.8, 4) is 5.75 Å². The van der Waals surface area contributed by atoms with Gasteiger partial charge in [-0.05, 0) is 42.3 Å². The summed E-state index contributed by atoms with van der Waals surface area (Å²) in [6.07, 6.45) is 2.97. The Morgan fingerprint density at radius 2 is 1.82 bits per heavy atom. The van der Waals surface area contributed by atoms with E-state index in [4.69, 9.17) is 4.74 Å². The number of aromatic nitrogens is 1. The van der Waals surface area contributed by atoms with Crippen molar-refractivity contribution in [3.05, 3.63) is 60.3 Å². The molecule has 3 rings (SSSR count). The summed E-state index contributed by atoms with van der Waals surface area (Å²) in [4.78, 5) is 29.2. The highest BCUT2D eigenvalue weighted by Crippen LogP contribution is 2.18. The summed E-state index contributed by atoms with van der Waals surface area (Å²) in [5.41, 5.74) is 2.97. The molecule has 0 unspecified atom stereocenters. The SMILES string of the molecule is COc1ccc(NC(=O)CCN(CCc2c[nH]c3ccccc23)C(C)=O)cc1. The van der Waals surface area contributed by atoms with Gasteiger partial charge < -0.3 is 19.9 Å². The van der Waals surface area contributed by atoms with Gasteiger partial charge in [0.15, 0.2) is 0 Å². The smallest absolute Gasteiger partial charge is 0.226 e. The first kappa shape index (κ1) is 19.5. The number of nitrogens with zero attached hydrogens (tertiary/aromatic N) is 1. The second-order valence-corrected chi connectivity index (χ2v) is 6.64. The largest absolute Gasteiger partial charge is 0.497 e. The molecular weight excluding hydrogens is 354 g/mol. The lowest BCUT2D eigenvalue weighted by Crippen LogP contribution is -2.33. The lowest BCUT2D eigenvalue weighted by molar-refractivity contribution is -0.129. The summed E-state index contributed by atoms with van der Waals surface area (Å²) in [7, 11) is 1.60. The third-order valence-electron chi connectivity index (χ3n) is 4.75. The number of amides is 2. The van der Waals surface area contributed by atoms with Gasteiger partial charge in [-0.1, -0.05) is 18.2 Å². The molecule has 0 radical (unpaired) electrons. The van der Waals surface area contributed by atoms with E-state index in [0.29, 0.717) is 18.8 Å². The van der Waals surface area contributed by atoms with Crippen molar-refractivity contribution < 1.29 is 14.3 Å². The van der Waals surface area contributed by atoms with Crippen LogP contribution in [-0.2, 0) is 16.0 Å². The monoisotopic (exact) mass is 379 g/mol.